The fourth-order valence-electron chi connectivity index (χ4n) is 4.27. The van der Waals surface area contributed by atoms with Gasteiger partial charge < -0.3 is 4.90 Å². The minimum Gasteiger partial charge on any atom is -0.336 e. The largest absolute Gasteiger partial charge is 0.336 e. The van der Waals surface area contributed by atoms with Crippen LogP contribution >= 0.6 is 0 Å². The molecule has 0 unspecified atom stereocenters. The molecule has 2 aliphatic rings. The van der Waals surface area contributed by atoms with E-state index in [0.29, 0.717) is 0 Å². The number of carbonyl (C=O) groups excluding carboxylic acids is 1. The number of hydrogen-bond donors (Lipinski definition) is 1. The summed E-state index contributed by atoms with van der Waals surface area (Å²) in [5.74, 6) is -1.51. The van der Waals surface area contributed by atoms with Gasteiger partial charge in [0.15, 0.2) is 0 Å². The summed E-state index contributed by atoms with van der Waals surface area (Å²) in [4.78, 5) is 14.2. The molecule has 11 heteroatoms. The highest BCUT2D eigenvalue weighted by atomic mass is 32.2. The summed E-state index contributed by atoms with van der Waals surface area (Å²) in [5.41, 5.74) is 1.90. The standard InChI is InChI=1S/C22H26FN3O5S2/c1-24-32(28,29)18-8-9-21(23)20(15-18)22(27)25-10-12-26(13-11-25)33(30,31)19-7-6-16-4-2-3-5-17(16)14-19/h6-9,14-15,24H,2-5,10-13H2,1H3. The number of fused-ring (bicyclic) bond motifs is 1. The number of piperazine rings is 1. The Bertz CT molecular complexity index is 1290. The van der Waals surface area contributed by atoms with Crippen LogP contribution in [0.15, 0.2) is 46.2 Å². The van der Waals surface area contributed by atoms with Gasteiger partial charge in [-0.15, -0.1) is 0 Å². The van der Waals surface area contributed by atoms with Gasteiger partial charge in [0.05, 0.1) is 15.4 Å². The van der Waals surface area contributed by atoms with Crippen molar-refractivity contribution >= 4 is 26.0 Å². The SMILES string of the molecule is CNS(=O)(=O)c1ccc(F)c(C(=O)N2CCN(S(=O)(=O)c3ccc4c(c3)CCCC4)CC2)c1. The van der Waals surface area contributed by atoms with Gasteiger partial charge in [0.1, 0.15) is 5.82 Å². The summed E-state index contributed by atoms with van der Waals surface area (Å²) in [6, 6.07) is 8.30. The lowest BCUT2D eigenvalue weighted by Crippen LogP contribution is -2.50. The van der Waals surface area contributed by atoms with E-state index in [2.05, 4.69) is 4.72 Å². The van der Waals surface area contributed by atoms with E-state index in [1.54, 1.807) is 12.1 Å². The van der Waals surface area contributed by atoms with E-state index in [4.69, 9.17) is 0 Å². The Morgan fingerprint density at radius 1 is 0.879 bits per heavy atom. The molecule has 4 rings (SSSR count). The van der Waals surface area contributed by atoms with Crippen molar-refractivity contribution in [3.8, 4) is 0 Å². The monoisotopic (exact) mass is 495 g/mol. The van der Waals surface area contributed by atoms with Gasteiger partial charge in [-0.05, 0) is 74.2 Å². The average Bonchev–Trinajstić information content (AvgIpc) is 2.83. The van der Waals surface area contributed by atoms with Crippen LogP contribution in [0.4, 0.5) is 4.39 Å². The Morgan fingerprint density at radius 3 is 2.18 bits per heavy atom. The highest BCUT2D eigenvalue weighted by Crippen LogP contribution is 2.26. The minimum atomic E-state index is -3.84. The topological polar surface area (TPSA) is 104 Å². The number of rotatable bonds is 5. The number of carbonyl (C=O) groups is 1. The molecule has 1 N–H and O–H groups in total. The van der Waals surface area contributed by atoms with E-state index in [9.17, 15) is 26.0 Å². The van der Waals surface area contributed by atoms with Crippen molar-refractivity contribution in [2.75, 3.05) is 33.2 Å². The summed E-state index contributed by atoms with van der Waals surface area (Å²) in [7, 11) is -6.33. The van der Waals surface area contributed by atoms with Crippen molar-refractivity contribution in [1.82, 2.24) is 13.9 Å². The fraction of sp³-hybridized carbons (Fsp3) is 0.409. The predicted molar refractivity (Wildman–Crippen MR) is 120 cm³/mol. The molecule has 1 amide bonds. The van der Waals surface area contributed by atoms with Crippen molar-refractivity contribution in [1.29, 1.82) is 0 Å². The summed E-state index contributed by atoms with van der Waals surface area (Å²) < 4.78 is 68.1. The first-order chi connectivity index (χ1) is 15.6. The van der Waals surface area contributed by atoms with Crippen LogP contribution < -0.4 is 4.72 Å². The van der Waals surface area contributed by atoms with Crippen molar-refractivity contribution in [3.05, 3.63) is 58.9 Å². The van der Waals surface area contributed by atoms with Gasteiger partial charge in [-0.1, -0.05) is 6.07 Å². The lowest BCUT2D eigenvalue weighted by atomic mass is 9.92. The second kappa shape index (κ2) is 9.13. The molecule has 33 heavy (non-hydrogen) atoms. The van der Waals surface area contributed by atoms with Crippen molar-refractivity contribution in [2.24, 2.45) is 0 Å². The molecule has 1 fully saturated rings. The van der Waals surface area contributed by atoms with Crippen LogP contribution in [0.3, 0.4) is 0 Å². The molecule has 0 aromatic heterocycles. The Labute approximate surface area is 193 Å². The maximum Gasteiger partial charge on any atom is 0.256 e. The third kappa shape index (κ3) is 4.68. The van der Waals surface area contributed by atoms with Crippen molar-refractivity contribution < 1.29 is 26.0 Å². The molecular formula is C22H26FN3O5S2. The molecule has 0 saturated carbocycles. The van der Waals surface area contributed by atoms with Crippen molar-refractivity contribution in [2.45, 2.75) is 35.5 Å². The van der Waals surface area contributed by atoms with Gasteiger partial charge >= 0.3 is 0 Å². The zero-order chi connectivity index (χ0) is 23.8. The minimum absolute atomic E-state index is 0.0707. The molecule has 1 aliphatic carbocycles. The molecule has 178 valence electrons. The molecule has 2 aromatic rings. The summed E-state index contributed by atoms with van der Waals surface area (Å²) in [5, 5.41) is 0. The molecular weight excluding hydrogens is 469 g/mol. The number of sulfonamides is 2. The fourth-order valence-corrected chi connectivity index (χ4v) is 6.50. The number of halogens is 1. The third-order valence-electron chi connectivity index (χ3n) is 6.23. The van der Waals surface area contributed by atoms with Gasteiger partial charge in [0.25, 0.3) is 5.91 Å². The maximum absolute atomic E-state index is 14.3. The summed E-state index contributed by atoms with van der Waals surface area (Å²) in [6.07, 6.45) is 3.99. The number of benzene rings is 2. The normalized spacial score (nSPS) is 17.6. The van der Waals surface area contributed by atoms with Crippen LogP contribution in [0, 0.1) is 5.82 Å². The molecule has 0 bridgehead atoms. The number of hydrogen-bond acceptors (Lipinski definition) is 5. The van der Waals surface area contributed by atoms with Crippen LogP contribution in [0.2, 0.25) is 0 Å². The number of nitrogens with zero attached hydrogens (tertiary/aromatic N) is 2. The maximum atomic E-state index is 14.3. The molecule has 1 aliphatic heterocycles. The van der Waals surface area contributed by atoms with Crippen LogP contribution in [-0.4, -0.2) is 65.2 Å². The van der Waals surface area contributed by atoms with Crippen LogP contribution in [0.1, 0.15) is 34.3 Å². The quantitative estimate of drug-likeness (QED) is 0.681. The zero-order valence-electron chi connectivity index (χ0n) is 18.3. The van der Waals surface area contributed by atoms with E-state index in [1.807, 2.05) is 6.07 Å². The Balaban J connectivity index is 1.49. The lowest BCUT2D eigenvalue weighted by molar-refractivity contribution is 0.0693. The van der Waals surface area contributed by atoms with E-state index in [-0.39, 0.29) is 41.5 Å². The molecule has 0 spiro atoms. The number of amides is 1. The van der Waals surface area contributed by atoms with Gasteiger partial charge in [-0.3, -0.25) is 4.79 Å². The van der Waals surface area contributed by atoms with Gasteiger partial charge in [0, 0.05) is 26.2 Å². The molecule has 1 heterocycles. The van der Waals surface area contributed by atoms with E-state index < -0.39 is 31.8 Å². The first kappa shape index (κ1) is 23.8. The highest BCUT2D eigenvalue weighted by Gasteiger charge is 2.32. The Kier molecular flexibility index (Phi) is 6.59. The lowest BCUT2D eigenvalue weighted by Gasteiger charge is -2.34. The predicted octanol–water partition coefficient (Wildman–Crippen LogP) is 1.76. The number of aryl methyl sites for hydroxylation is 2. The average molecular weight is 496 g/mol. The Hall–Kier alpha value is -2.34. The summed E-state index contributed by atoms with van der Waals surface area (Å²) in [6.45, 7) is 0.291. The molecule has 8 nitrogen and oxygen atoms in total. The van der Waals surface area contributed by atoms with E-state index >= 15 is 0 Å². The van der Waals surface area contributed by atoms with Crippen LogP contribution in [-0.2, 0) is 32.9 Å². The van der Waals surface area contributed by atoms with E-state index in [1.165, 1.54) is 21.8 Å². The van der Waals surface area contributed by atoms with Gasteiger partial charge in [-0.25, -0.2) is 25.9 Å². The molecule has 0 radical (unpaired) electrons. The molecule has 2 aromatic carbocycles. The zero-order valence-corrected chi connectivity index (χ0v) is 19.9. The van der Waals surface area contributed by atoms with Gasteiger partial charge in [-0.2, -0.15) is 4.31 Å². The smallest absolute Gasteiger partial charge is 0.256 e. The Morgan fingerprint density at radius 2 is 1.52 bits per heavy atom. The highest BCUT2D eigenvalue weighted by molar-refractivity contribution is 7.89. The number of nitrogens with one attached hydrogen (secondary N) is 1. The van der Waals surface area contributed by atoms with Crippen molar-refractivity contribution in [3.63, 3.8) is 0 Å². The van der Waals surface area contributed by atoms with E-state index in [0.717, 1.165) is 49.4 Å². The van der Waals surface area contributed by atoms with Crippen LogP contribution in [0.25, 0.3) is 0 Å². The van der Waals surface area contributed by atoms with Gasteiger partial charge in [0.2, 0.25) is 20.0 Å². The second-order valence-corrected chi connectivity index (χ2v) is 12.0. The molecule has 1 saturated heterocycles. The molecule has 0 atom stereocenters. The first-order valence-electron chi connectivity index (χ1n) is 10.8. The first-order valence-corrected chi connectivity index (χ1v) is 13.7. The summed E-state index contributed by atoms with van der Waals surface area (Å²) >= 11 is 0. The third-order valence-corrected chi connectivity index (χ3v) is 9.54. The second-order valence-electron chi connectivity index (χ2n) is 8.18. The van der Waals surface area contributed by atoms with Crippen LogP contribution in [0.5, 0.6) is 0 Å².